The molecule has 0 aromatic rings. The van der Waals surface area contributed by atoms with E-state index in [1.807, 2.05) is 0 Å². The summed E-state index contributed by atoms with van der Waals surface area (Å²) in [5.41, 5.74) is 0. The highest BCUT2D eigenvalue weighted by molar-refractivity contribution is 5.83. The first-order valence-electron chi connectivity index (χ1n) is 7.14. The van der Waals surface area contributed by atoms with E-state index in [9.17, 15) is 19.5 Å². The molecule has 0 spiro atoms. The van der Waals surface area contributed by atoms with Gasteiger partial charge in [0.2, 0.25) is 5.91 Å². The maximum atomic E-state index is 12.1. The number of piperidine rings is 2. The maximum absolute atomic E-state index is 12.1. The average molecular weight is 299 g/mol. The van der Waals surface area contributed by atoms with Crippen LogP contribution in [0.1, 0.15) is 26.2 Å². The zero-order chi connectivity index (χ0) is 15.6. The summed E-state index contributed by atoms with van der Waals surface area (Å²) < 4.78 is 0. The zero-order valence-electron chi connectivity index (χ0n) is 11.9. The molecule has 2 fully saturated rings. The lowest BCUT2D eigenvalue weighted by molar-refractivity contribution is -0.142. The van der Waals surface area contributed by atoms with E-state index in [0.29, 0.717) is 25.9 Å². The van der Waals surface area contributed by atoms with Crippen LogP contribution in [0.15, 0.2) is 0 Å². The summed E-state index contributed by atoms with van der Waals surface area (Å²) in [4.78, 5) is 36.0. The minimum absolute atomic E-state index is 0.0502. The van der Waals surface area contributed by atoms with E-state index in [1.54, 1.807) is 4.90 Å². The van der Waals surface area contributed by atoms with Crippen molar-refractivity contribution < 1.29 is 24.6 Å². The number of fused-ring (bicyclic) bond motifs is 1. The number of urea groups is 1. The lowest BCUT2D eigenvalue weighted by atomic mass is 9.85. The Bertz CT molecular complexity index is 440. The molecule has 2 heterocycles. The van der Waals surface area contributed by atoms with Crippen molar-refractivity contribution in [3.63, 3.8) is 0 Å². The van der Waals surface area contributed by atoms with Crippen LogP contribution in [0, 0.1) is 5.92 Å². The highest BCUT2D eigenvalue weighted by Crippen LogP contribution is 2.25. The molecule has 4 N–H and O–H groups in total. The van der Waals surface area contributed by atoms with E-state index >= 15 is 0 Å². The van der Waals surface area contributed by atoms with Gasteiger partial charge in [-0.3, -0.25) is 4.79 Å². The first kappa shape index (κ1) is 15.6. The Balaban J connectivity index is 1.92. The van der Waals surface area contributed by atoms with Crippen molar-refractivity contribution in [1.29, 1.82) is 0 Å². The number of carboxylic acids is 1. The molecule has 2 rings (SSSR count). The number of hydrogen-bond acceptors (Lipinski definition) is 4. The van der Waals surface area contributed by atoms with Gasteiger partial charge in [0.1, 0.15) is 0 Å². The average Bonchev–Trinajstić information content (AvgIpc) is 2.43. The normalized spacial score (nSPS) is 28.1. The summed E-state index contributed by atoms with van der Waals surface area (Å²) in [7, 11) is 0. The van der Waals surface area contributed by atoms with Gasteiger partial charge in [-0.25, -0.2) is 9.59 Å². The van der Waals surface area contributed by atoms with Gasteiger partial charge in [-0.2, -0.15) is 0 Å². The van der Waals surface area contributed by atoms with Crippen molar-refractivity contribution in [2.45, 2.75) is 44.4 Å². The summed E-state index contributed by atoms with van der Waals surface area (Å²) in [5.74, 6) is -1.01. The van der Waals surface area contributed by atoms with Crippen molar-refractivity contribution >= 4 is 17.9 Å². The van der Waals surface area contributed by atoms with Crippen LogP contribution in [0.2, 0.25) is 0 Å². The monoisotopic (exact) mass is 299 g/mol. The lowest BCUT2D eigenvalue weighted by Crippen LogP contribution is -2.59. The number of hydrogen-bond donors (Lipinski definition) is 4. The molecule has 0 aliphatic carbocycles. The number of aliphatic carboxylic acids is 1. The number of carbonyl (C=O) groups excluding carboxylic acids is 2. The highest BCUT2D eigenvalue weighted by atomic mass is 16.4. The summed E-state index contributed by atoms with van der Waals surface area (Å²) in [6.07, 6.45) is 0.690. The van der Waals surface area contributed by atoms with Crippen molar-refractivity contribution in [2.24, 2.45) is 5.92 Å². The van der Waals surface area contributed by atoms with Crippen LogP contribution in [0.4, 0.5) is 4.79 Å². The summed E-state index contributed by atoms with van der Waals surface area (Å²) in [6, 6.07) is -1.71. The van der Waals surface area contributed by atoms with Crippen LogP contribution in [0.5, 0.6) is 0 Å². The predicted octanol–water partition coefficient (Wildman–Crippen LogP) is -0.869. The molecule has 2 aliphatic heterocycles. The van der Waals surface area contributed by atoms with Crippen molar-refractivity contribution in [3.05, 3.63) is 0 Å². The van der Waals surface area contributed by atoms with E-state index in [2.05, 4.69) is 10.6 Å². The van der Waals surface area contributed by atoms with E-state index in [1.165, 1.54) is 6.92 Å². The molecule has 2 saturated heterocycles. The summed E-state index contributed by atoms with van der Waals surface area (Å²) >= 11 is 0. The van der Waals surface area contributed by atoms with Crippen molar-refractivity contribution in [3.8, 4) is 0 Å². The van der Waals surface area contributed by atoms with Gasteiger partial charge in [-0.05, 0) is 25.7 Å². The van der Waals surface area contributed by atoms with Gasteiger partial charge in [0.25, 0.3) is 0 Å². The second kappa shape index (κ2) is 6.30. The SMILES string of the molecule is CC(O)C(NC(=O)N1CCC2NC(=O)CCC2C1)C(=O)O. The number of carboxylic acid groups (broad SMARTS) is 1. The van der Waals surface area contributed by atoms with Gasteiger partial charge in [-0.15, -0.1) is 0 Å². The molecule has 3 amide bonds. The Morgan fingerprint density at radius 3 is 2.76 bits per heavy atom. The molecule has 8 heteroatoms. The second-order valence-corrected chi connectivity index (χ2v) is 5.71. The van der Waals surface area contributed by atoms with Crippen LogP contribution in [-0.2, 0) is 9.59 Å². The maximum Gasteiger partial charge on any atom is 0.328 e. The Hall–Kier alpha value is -1.83. The molecular formula is C13H21N3O5. The second-order valence-electron chi connectivity index (χ2n) is 5.71. The molecule has 8 nitrogen and oxygen atoms in total. The number of carbonyl (C=O) groups is 3. The molecule has 118 valence electrons. The number of nitrogens with zero attached hydrogens (tertiary/aromatic N) is 1. The van der Waals surface area contributed by atoms with Crippen LogP contribution >= 0.6 is 0 Å². The summed E-state index contributed by atoms with van der Waals surface area (Å²) in [5, 5.41) is 23.6. The Labute approximate surface area is 122 Å². The topological polar surface area (TPSA) is 119 Å². The third-order valence-corrected chi connectivity index (χ3v) is 4.14. The van der Waals surface area contributed by atoms with Gasteiger partial charge in [-0.1, -0.05) is 0 Å². The Morgan fingerprint density at radius 1 is 1.43 bits per heavy atom. The zero-order valence-corrected chi connectivity index (χ0v) is 11.9. The third-order valence-electron chi connectivity index (χ3n) is 4.14. The van der Waals surface area contributed by atoms with Crippen LogP contribution in [-0.4, -0.2) is 64.3 Å². The first-order chi connectivity index (χ1) is 9.88. The molecular weight excluding hydrogens is 278 g/mol. The first-order valence-corrected chi connectivity index (χ1v) is 7.14. The van der Waals surface area contributed by atoms with Crippen molar-refractivity contribution in [2.75, 3.05) is 13.1 Å². The van der Waals surface area contributed by atoms with Crippen LogP contribution < -0.4 is 10.6 Å². The molecule has 4 unspecified atom stereocenters. The van der Waals surface area contributed by atoms with E-state index in [4.69, 9.17) is 5.11 Å². The molecule has 0 aromatic carbocycles. The van der Waals surface area contributed by atoms with E-state index in [-0.39, 0.29) is 17.9 Å². The van der Waals surface area contributed by atoms with E-state index in [0.717, 1.165) is 6.42 Å². The number of rotatable bonds is 3. The Kier molecular flexibility index (Phi) is 4.66. The molecule has 21 heavy (non-hydrogen) atoms. The fourth-order valence-electron chi connectivity index (χ4n) is 2.91. The molecule has 0 bridgehead atoms. The van der Waals surface area contributed by atoms with Gasteiger partial charge < -0.3 is 25.7 Å². The molecule has 0 aromatic heterocycles. The minimum atomic E-state index is -1.32. The van der Waals surface area contributed by atoms with Gasteiger partial charge in [0.15, 0.2) is 6.04 Å². The third kappa shape index (κ3) is 3.63. The van der Waals surface area contributed by atoms with Crippen LogP contribution in [0.25, 0.3) is 0 Å². The molecule has 0 radical (unpaired) electrons. The quantitative estimate of drug-likeness (QED) is 0.540. The van der Waals surface area contributed by atoms with Crippen molar-refractivity contribution in [1.82, 2.24) is 15.5 Å². The standard InChI is InChI=1S/C13H21N3O5/c1-7(17)11(12(19)20)15-13(21)16-5-4-9-8(6-16)2-3-10(18)14-9/h7-9,11,17H,2-6H2,1H3,(H,14,18)(H,15,21)(H,19,20). The van der Waals surface area contributed by atoms with Gasteiger partial charge >= 0.3 is 12.0 Å². The number of likely N-dealkylation sites (tertiary alicyclic amines) is 1. The highest BCUT2D eigenvalue weighted by Gasteiger charge is 2.36. The number of nitrogens with one attached hydrogen (secondary N) is 2. The fraction of sp³-hybridized carbons (Fsp3) is 0.769. The minimum Gasteiger partial charge on any atom is -0.480 e. The molecule has 2 aliphatic rings. The summed E-state index contributed by atoms with van der Waals surface area (Å²) in [6.45, 7) is 2.27. The predicted molar refractivity (Wildman–Crippen MR) is 72.5 cm³/mol. The molecule has 4 atom stereocenters. The fourth-order valence-corrected chi connectivity index (χ4v) is 2.91. The number of aliphatic hydroxyl groups is 1. The van der Waals surface area contributed by atoms with Crippen LogP contribution in [0.3, 0.4) is 0 Å². The molecule has 0 saturated carbocycles. The van der Waals surface area contributed by atoms with Gasteiger partial charge in [0, 0.05) is 25.6 Å². The van der Waals surface area contributed by atoms with Gasteiger partial charge in [0.05, 0.1) is 6.10 Å². The number of amides is 3. The van der Waals surface area contributed by atoms with E-state index < -0.39 is 24.1 Å². The largest absolute Gasteiger partial charge is 0.480 e. The number of aliphatic hydroxyl groups excluding tert-OH is 1. The Morgan fingerprint density at radius 2 is 2.14 bits per heavy atom. The lowest BCUT2D eigenvalue weighted by Gasteiger charge is -2.41. The smallest absolute Gasteiger partial charge is 0.328 e.